The summed E-state index contributed by atoms with van der Waals surface area (Å²) in [6, 6.07) is 26.0. The van der Waals surface area contributed by atoms with Crippen LogP contribution in [0.5, 0.6) is 0 Å². The van der Waals surface area contributed by atoms with E-state index >= 15 is 0 Å². The molecule has 1 atom stereocenters. The van der Waals surface area contributed by atoms with Crippen LogP contribution in [0.3, 0.4) is 0 Å². The molecule has 2 heterocycles. The van der Waals surface area contributed by atoms with Crippen molar-refractivity contribution in [2.75, 3.05) is 25.0 Å². The number of carboxylic acids is 1. The lowest BCUT2D eigenvalue weighted by Gasteiger charge is -2.42. The summed E-state index contributed by atoms with van der Waals surface area (Å²) in [5.74, 6) is -0.417. The number of aliphatic imine (C=N–C) groups is 1. The first-order chi connectivity index (χ1) is 19.9. The van der Waals surface area contributed by atoms with Crippen LogP contribution in [0.4, 0.5) is 16.2 Å². The summed E-state index contributed by atoms with van der Waals surface area (Å²) in [5, 5.41) is 24.2. The number of piperazine rings is 1. The van der Waals surface area contributed by atoms with Gasteiger partial charge in [-0.2, -0.15) is 5.26 Å². The Hall–Kier alpha value is -5.14. The van der Waals surface area contributed by atoms with Gasteiger partial charge in [0, 0.05) is 48.9 Å². The molecule has 1 aromatic heterocycles. The number of rotatable bonds is 3. The Labute approximate surface area is 242 Å². The number of carbonyl (C=O) groups excluding carboxylic acids is 1. The van der Waals surface area contributed by atoms with Crippen LogP contribution < -0.4 is 10.6 Å². The van der Waals surface area contributed by atoms with Crippen LogP contribution in [0, 0.1) is 11.5 Å². The summed E-state index contributed by atoms with van der Waals surface area (Å²) in [6.45, 7) is 2.45. The summed E-state index contributed by atoms with van der Waals surface area (Å²) in [5.41, 5.74) is 3.07. The third-order valence-corrected chi connectivity index (χ3v) is 6.48. The molecule has 3 N–H and O–H groups in total. The van der Waals surface area contributed by atoms with Crippen molar-refractivity contribution in [3.8, 4) is 6.19 Å². The van der Waals surface area contributed by atoms with Gasteiger partial charge in [-0.15, -0.1) is 0 Å². The second-order valence-corrected chi connectivity index (χ2v) is 9.48. The molecule has 3 aromatic carbocycles. The molecule has 0 aliphatic carbocycles. The minimum atomic E-state index is -0.833. The highest BCUT2D eigenvalue weighted by atomic mass is 35.5. The fraction of sp³-hybridized carbons (Fsp3) is 0.167. The summed E-state index contributed by atoms with van der Waals surface area (Å²) in [4.78, 5) is 35.4. The van der Waals surface area contributed by atoms with Gasteiger partial charge < -0.3 is 20.2 Å². The number of hydrogen-bond donors (Lipinski definition) is 3. The number of hydrogen-bond acceptors (Lipinski definition) is 5. The van der Waals surface area contributed by atoms with Gasteiger partial charge in [-0.25, -0.2) is 9.79 Å². The predicted molar refractivity (Wildman–Crippen MR) is 159 cm³/mol. The number of halogens is 1. The average Bonchev–Trinajstić information content (AvgIpc) is 2.98. The van der Waals surface area contributed by atoms with Crippen molar-refractivity contribution < 1.29 is 14.7 Å². The lowest BCUT2D eigenvalue weighted by Crippen LogP contribution is -2.55. The van der Waals surface area contributed by atoms with Crippen LogP contribution in [0.15, 0.2) is 96.1 Å². The Morgan fingerprint density at radius 1 is 1.02 bits per heavy atom. The number of carboxylic acid groups (broad SMARTS) is 1. The first kappa shape index (κ1) is 28.9. The Kier molecular flexibility index (Phi) is 9.70. The lowest BCUT2D eigenvalue weighted by molar-refractivity contribution is -0.134. The number of urea groups is 1. The third kappa shape index (κ3) is 7.71. The molecule has 2 amide bonds. The molecule has 1 saturated heterocycles. The normalized spacial score (nSPS) is 14.9. The van der Waals surface area contributed by atoms with Crippen molar-refractivity contribution in [3.05, 3.63) is 102 Å². The minimum absolute atomic E-state index is 0.208. The van der Waals surface area contributed by atoms with Gasteiger partial charge in [0.1, 0.15) is 0 Å². The van der Waals surface area contributed by atoms with Crippen molar-refractivity contribution in [2.24, 2.45) is 4.99 Å². The zero-order valence-electron chi connectivity index (χ0n) is 22.2. The molecule has 1 unspecified atom stereocenters. The molecular formula is C30H28ClN7O3. The summed E-state index contributed by atoms with van der Waals surface area (Å²) in [7, 11) is 0. The maximum Gasteiger partial charge on any atom is 0.322 e. The van der Waals surface area contributed by atoms with Gasteiger partial charge in [-0.05, 0) is 42.0 Å². The predicted octanol–water partition coefficient (Wildman–Crippen LogP) is 5.63. The molecule has 1 aliphatic rings. The Morgan fingerprint density at radius 2 is 1.73 bits per heavy atom. The Bertz CT molecular complexity index is 1560. The Balaban J connectivity index is 0.000000909. The molecular weight excluding hydrogens is 542 g/mol. The van der Waals surface area contributed by atoms with E-state index in [1.54, 1.807) is 30.5 Å². The van der Waals surface area contributed by atoms with Gasteiger partial charge in [0.25, 0.3) is 5.97 Å². The van der Waals surface area contributed by atoms with Crippen LogP contribution >= 0.6 is 11.6 Å². The van der Waals surface area contributed by atoms with Crippen molar-refractivity contribution in [3.63, 3.8) is 0 Å². The number of benzene rings is 3. The second-order valence-electron chi connectivity index (χ2n) is 9.05. The molecule has 1 aliphatic heterocycles. The number of amides is 2. The largest absolute Gasteiger partial charge is 0.481 e. The molecule has 0 saturated carbocycles. The topological polar surface area (TPSA) is 134 Å². The van der Waals surface area contributed by atoms with Crippen molar-refractivity contribution in [1.82, 2.24) is 20.1 Å². The van der Waals surface area contributed by atoms with Gasteiger partial charge in [0.2, 0.25) is 5.96 Å². The minimum Gasteiger partial charge on any atom is -0.481 e. The summed E-state index contributed by atoms with van der Waals surface area (Å²) < 4.78 is 0. The van der Waals surface area contributed by atoms with E-state index in [2.05, 4.69) is 15.6 Å². The zero-order valence-corrected chi connectivity index (χ0v) is 23.0. The van der Waals surface area contributed by atoms with E-state index in [9.17, 15) is 10.1 Å². The van der Waals surface area contributed by atoms with Crippen LogP contribution in [0.25, 0.3) is 10.9 Å². The monoisotopic (exact) mass is 569 g/mol. The second kappa shape index (κ2) is 13.8. The molecule has 41 heavy (non-hydrogen) atoms. The van der Waals surface area contributed by atoms with Gasteiger partial charge in [-0.3, -0.25) is 15.1 Å². The van der Waals surface area contributed by atoms with Gasteiger partial charge in [-0.1, -0.05) is 60.1 Å². The summed E-state index contributed by atoms with van der Waals surface area (Å²) >= 11 is 5.99. The van der Waals surface area contributed by atoms with Crippen LogP contribution in [0.2, 0.25) is 5.02 Å². The number of aromatic nitrogens is 1. The lowest BCUT2D eigenvalue weighted by atomic mass is 10.0. The molecule has 0 radical (unpaired) electrons. The number of fused-ring (bicyclic) bond motifs is 1. The Morgan fingerprint density at radius 3 is 2.44 bits per heavy atom. The SMILES string of the molecule is CC(=O)O.N#CNC(=Nc1cccc2cccnc12)N1CCN(C(=O)Nc2ccc(Cl)cc2)C(c2ccccc2)C1. The molecule has 4 aromatic rings. The van der Waals surface area contributed by atoms with E-state index in [0.29, 0.717) is 42.0 Å². The van der Waals surface area contributed by atoms with E-state index in [-0.39, 0.29) is 12.1 Å². The summed E-state index contributed by atoms with van der Waals surface area (Å²) in [6.07, 6.45) is 3.74. The molecule has 10 nitrogen and oxygen atoms in total. The standard InChI is InChI=1S/C28H24ClN7O.C2H4O2/c29-22-11-13-23(14-12-22)33-28(37)36-17-16-35(18-25(36)20-6-2-1-3-7-20)27(32-19-30)34-24-10-4-8-21-9-5-15-31-26(21)24;1-2(3)4/h1-15,25H,16-18H2,(H,32,34)(H,33,37);1H3,(H,3,4). The molecule has 11 heteroatoms. The van der Waals surface area contributed by atoms with E-state index in [4.69, 9.17) is 26.5 Å². The number of nitriles is 1. The fourth-order valence-corrected chi connectivity index (χ4v) is 4.55. The highest BCUT2D eigenvalue weighted by molar-refractivity contribution is 6.30. The van der Waals surface area contributed by atoms with Crippen LogP contribution in [-0.4, -0.2) is 57.5 Å². The van der Waals surface area contributed by atoms with Gasteiger partial charge in [0.15, 0.2) is 6.19 Å². The molecule has 208 valence electrons. The number of nitrogens with zero attached hydrogens (tertiary/aromatic N) is 5. The number of aliphatic carboxylic acids is 1. The number of pyridine rings is 1. The zero-order chi connectivity index (χ0) is 29.2. The van der Waals surface area contributed by atoms with E-state index in [1.165, 1.54) is 0 Å². The van der Waals surface area contributed by atoms with Crippen molar-refractivity contribution in [1.29, 1.82) is 5.26 Å². The maximum absolute atomic E-state index is 13.3. The number of carbonyl (C=O) groups is 2. The van der Waals surface area contributed by atoms with Crippen LogP contribution in [0.1, 0.15) is 18.5 Å². The van der Waals surface area contributed by atoms with Crippen molar-refractivity contribution in [2.45, 2.75) is 13.0 Å². The number of guanidine groups is 1. The van der Waals surface area contributed by atoms with Gasteiger partial charge >= 0.3 is 6.03 Å². The first-order valence-corrected chi connectivity index (χ1v) is 13.1. The average molecular weight is 570 g/mol. The smallest absolute Gasteiger partial charge is 0.322 e. The molecule has 1 fully saturated rings. The highest BCUT2D eigenvalue weighted by Gasteiger charge is 2.33. The number of anilines is 1. The molecule has 0 spiro atoms. The van der Waals surface area contributed by atoms with Gasteiger partial charge in [0.05, 0.1) is 17.2 Å². The molecule has 5 rings (SSSR count). The third-order valence-electron chi connectivity index (χ3n) is 6.23. The molecule has 0 bridgehead atoms. The quantitative estimate of drug-likeness (QED) is 0.126. The first-order valence-electron chi connectivity index (χ1n) is 12.8. The highest BCUT2D eigenvalue weighted by Crippen LogP contribution is 2.28. The van der Waals surface area contributed by atoms with Crippen LogP contribution in [-0.2, 0) is 4.79 Å². The fourth-order valence-electron chi connectivity index (χ4n) is 4.43. The van der Waals surface area contributed by atoms with E-state index < -0.39 is 5.97 Å². The van der Waals surface area contributed by atoms with Crippen molar-refractivity contribution >= 4 is 51.8 Å². The number of para-hydroxylation sites is 1. The van der Waals surface area contributed by atoms with E-state index in [1.807, 2.05) is 76.7 Å². The maximum atomic E-state index is 13.3. The van der Waals surface area contributed by atoms with E-state index in [0.717, 1.165) is 23.4 Å². The number of nitrogens with one attached hydrogen (secondary N) is 2.